The molecule has 0 bridgehead atoms. The van der Waals surface area contributed by atoms with Crippen molar-refractivity contribution in [1.82, 2.24) is 9.80 Å². The Morgan fingerprint density at radius 2 is 1.66 bits per heavy atom. The van der Waals surface area contributed by atoms with Gasteiger partial charge >= 0.3 is 0 Å². The number of halogens is 1. The van der Waals surface area contributed by atoms with Crippen molar-refractivity contribution in [3.05, 3.63) is 53.1 Å². The molecule has 1 saturated heterocycles. The molecule has 0 aromatic heterocycles. The first-order valence-electron chi connectivity index (χ1n) is 11.8. The number of ether oxygens (including phenoxy) is 1. The zero-order valence-electron chi connectivity index (χ0n) is 19.8. The lowest BCUT2D eigenvalue weighted by atomic mass is 10.0. The second-order valence-electron chi connectivity index (χ2n) is 8.29. The van der Waals surface area contributed by atoms with E-state index in [1.807, 2.05) is 43.0 Å². The molecule has 1 aliphatic heterocycles. The summed E-state index contributed by atoms with van der Waals surface area (Å²) in [7, 11) is 1.63. The fraction of sp³-hybridized carbons (Fsp3) is 0.500. The van der Waals surface area contributed by atoms with Crippen LogP contribution >= 0.6 is 11.6 Å². The molecular weight excluding hydrogens is 422 g/mol. The molecule has 0 aliphatic carbocycles. The molecule has 0 saturated carbocycles. The fourth-order valence-electron chi connectivity index (χ4n) is 4.55. The third-order valence-corrected chi connectivity index (χ3v) is 6.61. The van der Waals surface area contributed by atoms with Gasteiger partial charge in [0.25, 0.3) is 5.91 Å². The van der Waals surface area contributed by atoms with Gasteiger partial charge in [0.05, 0.1) is 12.1 Å². The summed E-state index contributed by atoms with van der Waals surface area (Å²) in [5.74, 6) is 0.752. The van der Waals surface area contributed by atoms with Gasteiger partial charge in [0.2, 0.25) is 0 Å². The van der Waals surface area contributed by atoms with Crippen LogP contribution in [0.4, 0.5) is 11.4 Å². The summed E-state index contributed by atoms with van der Waals surface area (Å²) in [5.41, 5.74) is 2.85. The van der Waals surface area contributed by atoms with Crippen molar-refractivity contribution in [2.75, 3.05) is 44.7 Å². The van der Waals surface area contributed by atoms with E-state index in [-0.39, 0.29) is 5.91 Å². The average molecular weight is 458 g/mol. The van der Waals surface area contributed by atoms with Gasteiger partial charge in [-0.1, -0.05) is 18.5 Å². The highest BCUT2D eigenvalue weighted by Crippen LogP contribution is 2.36. The third-order valence-electron chi connectivity index (χ3n) is 6.32. The van der Waals surface area contributed by atoms with E-state index in [1.165, 1.54) is 6.42 Å². The maximum atomic E-state index is 12.7. The number of anilines is 2. The number of carbonyl (C=O) groups is 1. The van der Waals surface area contributed by atoms with Crippen LogP contribution in [0.2, 0.25) is 5.02 Å². The molecule has 3 rings (SSSR count). The number of nitrogens with zero attached hydrogens (tertiary/aromatic N) is 3. The van der Waals surface area contributed by atoms with E-state index in [9.17, 15) is 4.79 Å². The lowest BCUT2D eigenvalue weighted by Gasteiger charge is -2.40. The van der Waals surface area contributed by atoms with Crippen LogP contribution in [0.15, 0.2) is 42.5 Å². The van der Waals surface area contributed by atoms with Gasteiger partial charge in [-0.3, -0.25) is 4.79 Å². The number of carbonyl (C=O) groups excluding carboxylic acids is 1. The molecule has 0 atom stereocenters. The van der Waals surface area contributed by atoms with Gasteiger partial charge in [-0.15, -0.1) is 0 Å². The molecule has 5 nitrogen and oxygen atoms in total. The molecular formula is C26H36ClN3O2. The van der Waals surface area contributed by atoms with Crippen molar-refractivity contribution in [2.24, 2.45) is 0 Å². The van der Waals surface area contributed by atoms with Crippen molar-refractivity contribution in [3.63, 3.8) is 0 Å². The Hall–Kier alpha value is -2.24. The highest BCUT2D eigenvalue weighted by molar-refractivity contribution is 6.32. The summed E-state index contributed by atoms with van der Waals surface area (Å²) >= 11 is 6.49. The Morgan fingerprint density at radius 3 is 2.19 bits per heavy atom. The topological polar surface area (TPSA) is 36.0 Å². The average Bonchev–Trinajstić information content (AvgIpc) is 2.82. The summed E-state index contributed by atoms with van der Waals surface area (Å²) in [4.78, 5) is 19.5. The standard InChI is InChI=1S/C26H36ClN3O2/c1-5-16-28-17-14-22(15-18-28)30(23-12-13-25(32-4)24(27)19-23)21-10-8-20(9-11-21)26(31)29(6-2)7-3/h8-13,19,22H,5-7,14-18H2,1-4H3. The number of methoxy groups -OCH3 is 1. The summed E-state index contributed by atoms with van der Waals surface area (Å²) in [5, 5.41) is 0.603. The lowest BCUT2D eigenvalue weighted by Crippen LogP contribution is -2.43. The number of amides is 1. The van der Waals surface area contributed by atoms with E-state index >= 15 is 0 Å². The smallest absolute Gasteiger partial charge is 0.253 e. The number of rotatable bonds is 9. The maximum absolute atomic E-state index is 12.7. The van der Waals surface area contributed by atoms with Crippen molar-refractivity contribution < 1.29 is 9.53 Å². The van der Waals surface area contributed by atoms with Crippen LogP contribution < -0.4 is 9.64 Å². The quantitative estimate of drug-likeness (QED) is 0.473. The summed E-state index contributed by atoms with van der Waals surface area (Å²) < 4.78 is 5.36. The van der Waals surface area contributed by atoms with Crippen LogP contribution in [0, 0.1) is 0 Å². The Morgan fingerprint density at radius 1 is 1.03 bits per heavy atom. The second-order valence-corrected chi connectivity index (χ2v) is 8.69. The minimum absolute atomic E-state index is 0.0773. The highest BCUT2D eigenvalue weighted by atomic mass is 35.5. The van der Waals surface area contributed by atoms with Crippen LogP contribution in [0.3, 0.4) is 0 Å². The number of likely N-dealkylation sites (tertiary alicyclic amines) is 1. The number of piperidine rings is 1. The van der Waals surface area contributed by atoms with E-state index in [2.05, 4.69) is 34.9 Å². The molecule has 0 N–H and O–H groups in total. The molecule has 0 spiro atoms. The molecule has 2 aromatic carbocycles. The predicted molar refractivity (Wildman–Crippen MR) is 134 cm³/mol. The zero-order chi connectivity index (χ0) is 23.1. The van der Waals surface area contributed by atoms with Crippen LogP contribution in [0.1, 0.15) is 50.4 Å². The molecule has 6 heteroatoms. The van der Waals surface area contributed by atoms with Gasteiger partial charge in [-0.05, 0) is 82.1 Å². The Balaban J connectivity index is 1.90. The Bertz CT molecular complexity index is 875. The minimum atomic E-state index is 0.0773. The molecule has 1 aliphatic rings. The summed E-state index contributed by atoms with van der Waals surface area (Å²) in [6.45, 7) is 11.0. The molecule has 32 heavy (non-hydrogen) atoms. The Kier molecular flexibility index (Phi) is 8.83. The number of benzene rings is 2. The van der Waals surface area contributed by atoms with Crippen LogP contribution in [-0.2, 0) is 0 Å². The first-order chi connectivity index (χ1) is 15.5. The number of hydrogen-bond donors (Lipinski definition) is 0. The zero-order valence-corrected chi connectivity index (χ0v) is 20.6. The van der Waals surface area contributed by atoms with E-state index in [0.717, 1.165) is 49.4 Å². The van der Waals surface area contributed by atoms with Crippen LogP contribution in [0.5, 0.6) is 5.75 Å². The normalized spacial score (nSPS) is 14.9. The van der Waals surface area contributed by atoms with Crippen LogP contribution in [-0.4, -0.2) is 61.6 Å². The first-order valence-corrected chi connectivity index (χ1v) is 12.1. The Labute approximate surface area is 197 Å². The SMILES string of the molecule is CCCN1CCC(N(c2ccc(C(=O)N(CC)CC)cc2)c2ccc(OC)c(Cl)c2)CC1. The second kappa shape index (κ2) is 11.6. The molecule has 2 aromatic rings. The summed E-state index contributed by atoms with van der Waals surface area (Å²) in [6.07, 6.45) is 3.36. The van der Waals surface area contributed by atoms with E-state index in [1.54, 1.807) is 7.11 Å². The van der Waals surface area contributed by atoms with Gasteiger partial charge in [-0.25, -0.2) is 0 Å². The maximum Gasteiger partial charge on any atom is 0.253 e. The van der Waals surface area contributed by atoms with E-state index in [4.69, 9.17) is 16.3 Å². The van der Waals surface area contributed by atoms with Crippen molar-refractivity contribution in [1.29, 1.82) is 0 Å². The van der Waals surface area contributed by atoms with Gasteiger partial charge in [0.1, 0.15) is 5.75 Å². The van der Waals surface area contributed by atoms with Gasteiger partial charge in [0.15, 0.2) is 0 Å². The minimum Gasteiger partial charge on any atom is -0.495 e. The fourth-order valence-corrected chi connectivity index (χ4v) is 4.80. The first kappa shape index (κ1) is 24.4. The van der Waals surface area contributed by atoms with E-state index in [0.29, 0.717) is 29.9 Å². The molecule has 0 radical (unpaired) electrons. The van der Waals surface area contributed by atoms with Crippen molar-refractivity contribution >= 4 is 28.9 Å². The molecule has 174 valence electrons. The number of hydrogen-bond acceptors (Lipinski definition) is 4. The van der Waals surface area contributed by atoms with Gasteiger partial charge < -0.3 is 19.4 Å². The molecule has 1 amide bonds. The molecule has 1 fully saturated rings. The van der Waals surface area contributed by atoms with Crippen LogP contribution in [0.25, 0.3) is 0 Å². The predicted octanol–water partition coefficient (Wildman–Crippen LogP) is 5.84. The van der Waals surface area contributed by atoms with Crippen molar-refractivity contribution in [3.8, 4) is 5.75 Å². The third kappa shape index (κ3) is 5.57. The molecule has 0 unspecified atom stereocenters. The monoisotopic (exact) mass is 457 g/mol. The van der Waals surface area contributed by atoms with Crippen molar-refractivity contribution in [2.45, 2.75) is 46.1 Å². The highest BCUT2D eigenvalue weighted by Gasteiger charge is 2.26. The van der Waals surface area contributed by atoms with E-state index < -0.39 is 0 Å². The molecule has 1 heterocycles. The van der Waals surface area contributed by atoms with Gasteiger partial charge in [-0.2, -0.15) is 0 Å². The summed E-state index contributed by atoms with van der Waals surface area (Å²) in [6, 6.07) is 14.4. The largest absolute Gasteiger partial charge is 0.495 e. The lowest BCUT2D eigenvalue weighted by molar-refractivity contribution is 0.0773. The van der Waals surface area contributed by atoms with Gasteiger partial charge in [0, 0.05) is 49.2 Å².